The number of hydrogen-bond acceptors (Lipinski definition) is 5. The van der Waals surface area contributed by atoms with Crippen molar-refractivity contribution in [1.82, 2.24) is 29.0 Å². The van der Waals surface area contributed by atoms with E-state index in [1.54, 1.807) is 40.1 Å². The Labute approximate surface area is 191 Å². The highest BCUT2D eigenvalue weighted by Gasteiger charge is 2.28. The van der Waals surface area contributed by atoms with Crippen molar-refractivity contribution in [2.45, 2.75) is 32.1 Å². The third-order valence-electron chi connectivity index (χ3n) is 6.02. The molecule has 0 spiro atoms. The van der Waals surface area contributed by atoms with Gasteiger partial charge in [0.2, 0.25) is 0 Å². The molecule has 1 aliphatic rings. The van der Waals surface area contributed by atoms with Crippen LogP contribution in [-0.4, -0.2) is 55.9 Å². The minimum atomic E-state index is -0.726. The second kappa shape index (κ2) is 9.05. The first-order valence-corrected chi connectivity index (χ1v) is 10.9. The van der Waals surface area contributed by atoms with Crippen LogP contribution in [0.1, 0.15) is 40.5 Å². The van der Waals surface area contributed by atoms with Crippen molar-refractivity contribution in [1.29, 1.82) is 0 Å². The number of hydrogen-bond donors (Lipinski definition) is 1. The summed E-state index contributed by atoms with van der Waals surface area (Å²) in [5, 5.41) is 7.77. The van der Waals surface area contributed by atoms with Gasteiger partial charge in [-0.25, -0.2) is 9.37 Å². The number of piperidine rings is 1. The number of nitrogens with one attached hydrogen (secondary N) is 1. The largest absolute Gasteiger partial charge is 0.366 e. The Morgan fingerprint density at radius 1 is 1.27 bits per heavy atom. The number of carbonyl (C=O) groups is 1. The first-order valence-electron chi connectivity index (χ1n) is 10.9. The van der Waals surface area contributed by atoms with Gasteiger partial charge in [0.25, 0.3) is 5.91 Å². The quantitative estimate of drug-likeness (QED) is 0.463. The zero-order valence-electron chi connectivity index (χ0n) is 18.1. The Kier molecular flexibility index (Phi) is 5.81. The zero-order valence-corrected chi connectivity index (χ0v) is 18.1. The molecule has 1 atom stereocenters. The molecule has 5 rings (SSSR count). The summed E-state index contributed by atoms with van der Waals surface area (Å²) < 4.78 is 16.2. The zero-order chi connectivity index (χ0) is 22.8. The fourth-order valence-corrected chi connectivity index (χ4v) is 4.31. The maximum Gasteiger partial charge on any atom is 0.270 e. The average Bonchev–Trinajstić information content (AvgIpc) is 3.49. The van der Waals surface area contributed by atoms with Crippen LogP contribution in [-0.2, 0) is 13.3 Å². The number of nitrogens with zero attached hydrogens (tertiary/aromatic N) is 6. The molecule has 2 radical (unpaired) electrons. The minimum Gasteiger partial charge on any atom is -0.366 e. The summed E-state index contributed by atoms with van der Waals surface area (Å²) in [4.78, 5) is 23.8. The molecule has 8 nitrogen and oxygen atoms in total. The van der Waals surface area contributed by atoms with Crippen molar-refractivity contribution in [3.05, 3.63) is 72.1 Å². The molecule has 0 aromatic carbocycles. The van der Waals surface area contributed by atoms with E-state index < -0.39 is 6.80 Å². The minimum absolute atomic E-state index is 0.0368. The van der Waals surface area contributed by atoms with Crippen molar-refractivity contribution in [3.63, 3.8) is 0 Å². The SMILES string of the molecule is [B]c1cnn2c(NCc3cccnc3)cc(C3CCCN(C(=O)c4cccn4CF)C3)nc12. The van der Waals surface area contributed by atoms with Crippen LogP contribution in [0.3, 0.4) is 0 Å². The summed E-state index contributed by atoms with van der Waals surface area (Å²) in [5.41, 5.74) is 3.32. The van der Waals surface area contributed by atoms with E-state index in [-0.39, 0.29) is 11.8 Å². The average molecular weight is 443 g/mol. The van der Waals surface area contributed by atoms with E-state index in [0.29, 0.717) is 36.4 Å². The predicted molar refractivity (Wildman–Crippen MR) is 123 cm³/mol. The van der Waals surface area contributed by atoms with Crippen molar-refractivity contribution in [2.24, 2.45) is 0 Å². The van der Waals surface area contributed by atoms with Gasteiger partial charge in [0.15, 0.2) is 12.4 Å². The van der Waals surface area contributed by atoms with Gasteiger partial charge in [-0.15, -0.1) is 0 Å². The Morgan fingerprint density at radius 3 is 3.00 bits per heavy atom. The summed E-state index contributed by atoms with van der Waals surface area (Å²) >= 11 is 0. The lowest BCUT2D eigenvalue weighted by Gasteiger charge is -2.33. The molecular weight excluding hydrogens is 420 g/mol. The first-order chi connectivity index (χ1) is 16.1. The molecular formula is C23H23BFN7O. The molecule has 4 aromatic heterocycles. The summed E-state index contributed by atoms with van der Waals surface area (Å²) in [6.07, 6.45) is 8.44. The third kappa shape index (κ3) is 4.20. The van der Waals surface area contributed by atoms with Crippen LogP contribution >= 0.6 is 0 Å². The lowest BCUT2D eigenvalue weighted by molar-refractivity contribution is 0.0691. The third-order valence-corrected chi connectivity index (χ3v) is 6.02. The van der Waals surface area contributed by atoms with Crippen molar-refractivity contribution in [2.75, 3.05) is 18.4 Å². The number of carbonyl (C=O) groups excluding carboxylic acids is 1. The summed E-state index contributed by atoms with van der Waals surface area (Å²) in [6, 6.07) is 9.20. The molecule has 1 saturated heterocycles. The molecule has 5 heterocycles. The van der Waals surface area contributed by atoms with Crippen LogP contribution < -0.4 is 10.8 Å². The van der Waals surface area contributed by atoms with Crippen molar-refractivity contribution < 1.29 is 9.18 Å². The molecule has 10 heteroatoms. The Balaban J connectivity index is 1.41. The number of alkyl halides is 1. The fraction of sp³-hybridized carbons (Fsp3) is 0.304. The summed E-state index contributed by atoms with van der Waals surface area (Å²) in [5.74, 6) is 0.641. The Morgan fingerprint density at radius 2 is 2.18 bits per heavy atom. The monoisotopic (exact) mass is 443 g/mol. The fourth-order valence-electron chi connectivity index (χ4n) is 4.31. The topological polar surface area (TPSA) is 80.4 Å². The summed E-state index contributed by atoms with van der Waals surface area (Å²) in [6.45, 7) is 0.989. The first kappa shape index (κ1) is 21.2. The number of pyridine rings is 1. The lowest BCUT2D eigenvalue weighted by Crippen LogP contribution is -2.40. The highest BCUT2D eigenvalue weighted by atomic mass is 19.1. The maximum absolute atomic E-state index is 13.2. The second-order valence-electron chi connectivity index (χ2n) is 8.19. The molecule has 1 N–H and O–H groups in total. The van der Waals surface area contributed by atoms with Crippen molar-refractivity contribution in [3.8, 4) is 0 Å². The van der Waals surface area contributed by atoms with Gasteiger partial charge in [-0.1, -0.05) is 6.07 Å². The smallest absolute Gasteiger partial charge is 0.270 e. The van der Waals surface area contributed by atoms with Gasteiger partial charge in [-0.2, -0.15) is 9.61 Å². The van der Waals surface area contributed by atoms with Crippen LogP contribution in [0.25, 0.3) is 5.65 Å². The molecule has 1 unspecified atom stereocenters. The summed E-state index contributed by atoms with van der Waals surface area (Å²) in [7, 11) is 6.14. The molecule has 1 aliphatic heterocycles. The van der Waals surface area contributed by atoms with E-state index in [2.05, 4.69) is 15.4 Å². The number of amides is 1. The van der Waals surface area contributed by atoms with Gasteiger partial charge in [0.1, 0.15) is 19.4 Å². The van der Waals surface area contributed by atoms with Gasteiger partial charge >= 0.3 is 0 Å². The molecule has 0 bridgehead atoms. The normalized spacial score (nSPS) is 16.3. The van der Waals surface area contributed by atoms with Gasteiger partial charge in [-0.05, 0) is 42.1 Å². The molecule has 166 valence electrons. The molecule has 0 saturated carbocycles. The van der Waals surface area contributed by atoms with E-state index in [4.69, 9.17) is 12.8 Å². The molecule has 33 heavy (non-hydrogen) atoms. The number of rotatable bonds is 6. The number of fused-ring (bicyclic) bond motifs is 1. The Hall–Kier alpha value is -3.69. The molecule has 4 aromatic rings. The van der Waals surface area contributed by atoms with Gasteiger partial charge < -0.3 is 14.8 Å². The molecule has 1 amide bonds. The van der Waals surface area contributed by atoms with Crippen LogP contribution in [0.4, 0.5) is 10.2 Å². The number of likely N-dealkylation sites (tertiary alicyclic amines) is 1. The predicted octanol–water partition coefficient (Wildman–Crippen LogP) is 2.28. The highest BCUT2D eigenvalue weighted by molar-refractivity contribution is 6.36. The standard InChI is InChI=1S/C23H23BFN7O/c24-18-13-28-32-21(27-12-16-4-1-7-26-11-16)10-19(29-22(18)32)17-5-2-8-30(14-17)23(33)20-6-3-9-31(20)15-25/h1,3-4,6-7,9-11,13,17,27H,2,5,8,12,14-15H2. The lowest BCUT2D eigenvalue weighted by atomic mass is 9.93. The van der Waals surface area contributed by atoms with E-state index in [1.807, 2.05) is 24.4 Å². The van der Waals surface area contributed by atoms with Gasteiger partial charge in [-0.3, -0.25) is 9.78 Å². The number of anilines is 1. The van der Waals surface area contributed by atoms with E-state index >= 15 is 0 Å². The van der Waals surface area contributed by atoms with Crippen LogP contribution in [0.15, 0.2) is 55.1 Å². The van der Waals surface area contributed by atoms with E-state index in [1.165, 1.54) is 4.57 Å². The van der Waals surface area contributed by atoms with Crippen LogP contribution in [0.2, 0.25) is 0 Å². The molecule has 1 fully saturated rings. The Bertz CT molecular complexity index is 1270. The maximum atomic E-state index is 13.2. The molecule has 0 aliphatic carbocycles. The van der Waals surface area contributed by atoms with E-state index in [9.17, 15) is 9.18 Å². The van der Waals surface area contributed by atoms with E-state index in [0.717, 1.165) is 29.9 Å². The van der Waals surface area contributed by atoms with Crippen LogP contribution in [0, 0.1) is 0 Å². The van der Waals surface area contributed by atoms with Crippen molar-refractivity contribution >= 4 is 30.7 Å². The van der Waals surface area contributed by atoms with Gasteiger partial charge in [0, 0.05) is 56.4 Å². The van der Waals surface area contributed by atoms with Crippen LogP contribution in [0.5, 0.6) is 0 Å². The highest BCUT2D eigenvalue weighted by Crippen LogP contribution is 2.29. The second-order valence-corrected chi connectivity index (χ2v) is 8.19. The number of aromatic nitrogens is 5. The number of halogens is 1. The van der Waals surface area contributed by atoms with Gasteiger partial charge in [0.05, 0.1) is 5.69 Å².